The van der Waals surface area contributed by atoms with Crippen molar-refractivity contribution >= 4 is 40.0 Å². The van der Waals surface area contributed by atoms with Gasteiger partial charge in [-0.05, 0) is 6.92 Å². The minimum atomic E-state index is 0.307. The second kappa shape index (κ2) is 5.34. The van der Waals surface area contributed by atoms with Gasteiger partial charge in [0.2, 0.25) is 0 Å². The van der Waals surface area contributed by atoms with Crippen LogP contribution in [0.5, 0.6) is 0 Å². The van der Waals surface area contributed by atoms with Gasteiger partial charge in [-0.3, -0.25) is 0 Å². The third-order valence-corrected chi connectivity index (χ3v) is 6.95. The van der Waals surface area contributed by atoms with Gasteiger partial charge in [0.15, 0.2) is 11.0 Å². The van der Waals surface area contributed by atoms with E-state index in [9.17, 15) is 0 Å². The highest BCUT2D eigenvalue weighted by molar-refractivity contribution is 8.06. The molecule has 1 aliphatic rings. The molecule has 2 atom stereocenters. The van der Waals surface area contributed by atoms with Gasteiger partial charge in [-0.1, -0.05) is 23.4 Å². The SMILES string of the molecule is Cc1nc(N)sc1-c1nc(C2SCCSC2C)no1. The highest BCUT2D eigenvalue weighted by Gasteiger charge is 2.29. The first kappa shape index (κ1) is 13.3. The number of nitrogens with zero attached hydrogens (tertiary/aromatic N) is 3. The van der Waals surface area contributed by atoms with Crippen LogP contribution in [0.3, 0.4) is 0 Å². The average molecular weight is 314 g/mol. The second-order valence-electron chi connectivity index (χ2n) is 4.29. The van der Waals surface area contributed by atoms with Crippen molar-refractivity contribution in [2.24, 2.45) is 0 Å². The average Bonchev–Trinajstić information content (AvgIpc) is 2.96. The molecule has 0 radical (unpaired) electrons. The van der Waals surface area contributed by atoms with Crippen LogP contribution >= 0.6 is 34.9 Å². The molecule has 1 aliphatic heterocycles. The Balaban J connectivity index is 1.88. The normalized spacial score (nSPS) is 23.7. The number of hydrogen-bond acceptors (Lipinski definition) is 8. The highest BCUT2D eigenvalue weighted by atomic mass is 32.2. The number of aromatic nitrogens is 3. The van der Waals surface area contributed by atoms with Gasteiger partial charge in [0, 0.05) is 16.8 Å². The Bertz CT molecular complexity index is 582. The number of anilines is 1. The molecule has 2 N–H and O–H groups in total. The van der Waals surface area contributed by atoms with Gasteiger partial charge in [-0.15, -0.1) is 11.8 Å². The molecule has 8 heteroatoms. The van der Waals surface area contributed by atoms with Crippen molar-refractivity contribution in [1.82, 2.24) is 15.1 Å². The Labute approximate surface area is 123 Å². The lowest BCUT2D eigenvalue weighted by atomic mass is 10.3. The lowest BCUT2D eigenvalue weighted by Crippen LogP contribution is -2.16. The number of aryl methyl sites for hydroxylation is 1. The molecule has 3 heterocycles. The van der Waals surface area contributed by atoms with E-state index in [1.54, 1.807) is 0 Å². The van der Waals surface area contributed by atoms with Crippen molar-refractivity contribution in [3.05, 3.63) is 11.5 Å². The molecule has 0 saturated carbocycles. The number of nitrogens with two attached hydrogens (primary N) is 1. The summed E-state index contributed by atoms with van der Waals surface area (Å²) in [6.07, 6.45) is 0. The minimum absolute atomic E-state index is 0.307. The maximum atomic E-state index is 5.70. The minimum Gasteiger partial charge on any atom is -0.375 e. The lowest BCUT2D eigenvalue weighted by molar-refractivity contribution is 0.422. The summed E-state index contributed by atoms with van der Waals surface area (Å²) in [6.45, 7) is 4.12. The molecular weight excluding hydrogens is 300 g/mol. The molecule has 0 amide bonds. The number of rotatable bonds is 2. The Morgan fingerprint density at radius 2 is 2.05 bits per heavy atom. The van der Waals surface area contributed by atoms with E-state index in [1.807, 2.05) is 30.4 Å². The van der Waals surface area contributed by atoms with Gasteiger partial charge >= 0.3 is 0 Å². The van der Waals surface area contributed by atoms with Crippen LogP contribution in [0.4, 0.5) is 5.13 Å². The molecular formula is C11H14N4OS3. The van der Waals surface area contributed by atoms with E-state index in [0.717, 1.165) is 22.1 Å². The van der Waals surface area contributed by atoms with Gasteiger partial charge < -0.3 is 10.3 Å². The van der Waals surface area contributed by atoms with Crippen molar-refractivity contribution in [3.8, 4) is 10.8 Å². The summed E-state index contributed by atoms with van der Waals surface area (Å²) in [4.78, 5) is 9.59. The summed E-state index contributed by atoms with van der Waals surface area (Å²) in [5.41, 5.74) is 6.54. The fourth-order valence-corrected chi connectivity index (χ4v) is 5.41. The fraction of sp³-hybridized carbons (Fsp3) is 0.545. The fourth-order valence-electron chi connectivity index (χ4n) is 1.97. The maximum Gasteiger partial charge on any atom is 0.270 e. The quantitative estimate of drug-likeness (QED) is 0.913. The van der Waals surface area contributed by atoms with Crippen molar-refractivity contribution < 1.29 is 4.52 Å². The second-order valence-corrected chi connectivity index (χ2v) is 8.06. The zero-order valence-corrected chi connectivity index (χ0v) is 13.1. The Hall–Kier alpha value is -0.730. The lowest BCUT2D eigenvalue weighted by Gasteiger charge is -2.24. The van der Waals surface area contributed by atoms with Crippen molar-refractivity contribution in [3.63, 3.8) is 0 Å². The number of nitrogen functional groups attached to an aromatic ring is 1. The molecule has 2 unspecified atom stereocenters. The van der Waals surface area contributed by atoms with Crippen LogP contribution in [-0.2, 0) is 0 Å². The van der Waals surface area contributed by atoms with E-state index in [-0.39, 0.29) is 0 Å². The largest absolute Gasteiger partial charge is 0.375 e. The number of thioether (sulfide) groups is 2. The number of hydrogen-bond donors (Lipinski definition) is 1. The van der Waals surface area contributed by atoms with Crippen molar-refractivity contribution in [1.29, 1.82) is 0 Å². The summed E-state index contributed by atoms with van der Waals surface area (Å²) in [5, 5.41) is 5.48. The Morgan fingerprint density at radius 3 is 2.74 bits per heavy atom. The molecule has 3 rings (SSSR count). The first-order valence-electron chi connectivity index (χ1n) is 5.95. The molecule has 5 nitrogen and oxygen atoms in total. The first-order valence-corrected chi connectivity index (χ1v) is 8.86. The van der Waals surface area contributed by atoms with Gasteiger partial charge in [0.1, 0.15) is 4.88 Å². The molecule has 1 fully saturated rings. The third-order valence-electron chi connectivity index (χ3n) is 2.89. The maximum absolute atomic E-state index is 5.70. The summed E-state index contributed by atoms with van der Waals surface area (Å²) in [7, 11) is 0. The van der Waals surface area contributed by atoms with Crippen LogP contribution in [0.1, 0.15) is 23.7 Å². The summed E-state index contributed by atoms with van der Waals surface area (Å²) < 4.78 is 5.38. The smallest absolute Gasteiger partial charge is 0.270 e. The summed E-state index contributed by atoms with van der Waals surface area (Å²) in [6, 6.07) is 0. The van der Waals surface area contributed by atoms with Crippen LogP contribution in [0.15, 0.2) is 4.52 Å². The van der Waals surface area contributed by atoms with E-state index in [2.05, 4.69) is 22.0 Å². The van der Waals surface area contributed by atoms with Gasteiger partial charge in [-0.2, -0.15) is 16.7 Å². The molecule has 0 aromatic carbocycles. The summed E-state index contributed by atoms with van der Waals surface area (Å²) in [5.74, 6) is 3.64. The zero-order valence-electron chi connectivity index (χ0n) is 10.6. The van der Waals surface area contributed by atoms with Crippen molar-refractivity contribution in [2.45, 2.75) is 24.3 Å². The van der Waals surface area contributed by atoms with Gasteiger partial charge in [0.05, 0.1) is 10.9 Å². The van der Waals surface area contributed by atoms with Gasteiger partial charge in [0.25, 0.3) is 5.89 Å². The van der Waals surface area contributed by atoms with E-state index in [4.69, 9.17) is 10.3 Å². The Kier molecular flexibility index (Phi) is 3.72. The predicted octanol–water partition coefficient (Wildman–Crippen LogP) is 2.99. The van der Waals surface area contributed by atoms with E-state index < -0.39 is 0 Å². The first-order chi connectivity index (χ1) is 9.15. The topological polar surface area (TPSA) is 77.8 Å². The van der Waals surface area contributed by atoms with Crippen LogP contribution in [0.25, 0.3) is 10.8 Å². The van der Waals surface area contributed by atoms with Crippen LogP contribution in [0, 0.1) is 6.92 Å². The predicted molar refractivity (Wildman–Crippen MR) is 81.7 cm³/mol. The van der Waals surface area contributed by atoms with Crippen LogP contribution in [-0.4, -0.2) is 31.9 Å². The molecule has 0 spiro atoms. The van der Waals surface area contributed by atoms with Crippen molar-refractivity contribution in [2.75, 3.05) is 17.2 Å². The Morgan fingerprint density at radius 1 is 1.26 bits per heavy atom. The van der Waals surface area contributed by atoms with E-state index in [0.29, 0.717) is 21.5 Å². The third kappa shape index (κ3) is 2.61. The molecule has 102 valence electrons. The molecule has 0 bridgehead atoms. The molecule has 0 aliphatic carbocycles. The zero-order chi connectivity index (χ0) is 13.4. The van der Waals surface area contributed by atoms with Crippen LogP contribution in [0.2, 0.25) is 0 Å². The molecule has 2 aromatic heterocycles. The number of thiazole rings is 1. The molecule has 19 heavy (non-hydrogen) atoms. The van der Waals surface area contributed by atoms with Crippen LogP contribution < -0.4 is 5.73 Å². The highest BCUT2D eigenvalue weighted by Crippen LogP contribution is 2.42. The van der Waals surface area contributed by atoms with E-state index >= 15 is 0 Å². The van der Waals surface area contributed by atoms with Gasteiger partial charge in [-0.25, -0.2) is 4.98 Å². The van der Waals surface area contributed by atoms with E-state index in [1.165, 1.54) is 17.1 Å². The standard InChI is InChI=1S/C11H14N4OS3/c1-5-7(19-11(12)13-5)10-14-9(15-16-10)8-6(2)17-3-4-18-8/h6,8H,3-4H2,1-2H3,(H2,12,13). The molecule has 2 aromatic rings. The summed E-state index contributed by atoms with van der Waals surface area (Å²) >= 11 is 5.25. The molecule has 1 saturated heterocycles. The monoisotopic (exact) mass is 314 g/mol.